The number of esters is 1. The average molecular weight is 232 g/mol. The number of fused-ring (bicyclic) bond motifs is 1. The van der Waals surface area contributed by atoms with Gasteiger partial charge in [0, 0.05) is 12.4 Å². The Kier molecular flexibility index (Phi) is 3.09. The number of para-hydroxylation sites is 1. The molecule has 1 N–H and O–H groups in total. The van der Waals surface area contributed by atoms with Crippen LogP contribution in [0.2, 0.25) is 0 Å². The highest BCUT2D eigenvalue weighted by atomic mass is 16.5. The van der Waals surface area contributed by atoms with Gasteiger partial charge in [0.25, 0.3) is 0 Å². The lowest BCUT2D eigenvalue weighted by atomic mass is 10.1. The van der Waals surface area contributed by atoms with Gasteiger partial charge in [-0.25, -0.2) is 9.79 Å². The van der Waals surface area contributed by atoms with Crippen molar-refractivity contribution in [3.05, 3.63) is 41.7 Å². The summed E-state index contributed by atoms with van der Waals surface area (Å²) in [4.78, 5) is 15.7. The van der Waals surface area contributed by atoms with Gasteiger partial charge in [0.2, 0.25) is 5.90 Å². The minimum absolute atomic E-state index is 0.403. The van der Waals surface area contributed by atoms with Crippen molar-refractivity contribution in [3.63, 3.8) is 0 Å². The van der Waals surface area contributed by atoms with Gasteiger partial charge >= 0.3 is 5.97 Å². The molecular weight excluding hydrogens is 220 g/mol. The zero-order valence-corrected chi connectivity index (χ0v) is 9.56. The Morgan fingerprint density at radius 3 is 2.88 bits per heavy atom. The number of carbonyl (C=O) groups is 1. The molecule has 1 aromatic rings. The second kappa shape index (κ2) is 4.69. The van der Waals surface area contributed by atoms with Crippen LogP contribution >= 0.6 is 0 Å². The summed E-state index contributed by atoms with van der Waals surface area (Å²) in [5, 5.41) is 3.00. The number of nitrogens with zero attached hydrogens (tertiary/aromatic N) is 1. The third kappa shape index (κ3) is 1.99. The van der Waals surface area contributed by atoms with E-state index >= 15 is 0 Å². The summed E-state index contributed by atoms with van der Waals surface area (Å²) in [6.45, 7) is 0. The molecule has 1 aliphatic rings. The fourth-order valence-electron chi connectivity index (χ4n) is 1.62. The van der Waals surface area contributed by atoms with E-state index in [0.29, 0.717) is 17.1 Å². The monoisotopic (exact) mass is 232 g/mol. The smallest absolute Gasteiger partial charge is 0.339 e. The van der Waals surface area contributed by atoms with Crippen molar-refractivity contribution >= 4 is 17.6 Å². The molecule has 88 valence electrons. The number of methoxy groups -OCH3 is 2. The lowest BCUT2D eigenvalue weighted by Crippen LogP contribution is -2.11. The standard InChI is InChI=1S/C12H12N2O3/c1-16-11-8-4-3-5-9(12(15)17-2)10(8)13-6-7-14-11/h3-7,13H,1-2H3. The summed E-state index contributed by atoms with van der Waals surface area (Å²) < 4.78 is 9.90. The zero-order valence-electron chi connectivity index (χ0n) is 9.56. The van der Waals surface area contributed by atoms with Crippen LogP contribution in [0.25, 0.3) is 0 Å². The maximum Gasteiger partial charge on any atom is 0.339 e. The van der Waals surface area contributed by atoms with Crippen LogP contribution in [0.3, 0.4) is 0 Å². The van der Waals surface area contributed by atoms with Gasteiger partial charge in [-0.2, -0.15) is 0 Å². The van der Waals surface area contributed by atoms with E-state index in [9.17, 15) is 4.79 Å². The molecule has 0 radical (unpaired) electrons. The molecule has 0 aromatic heterocycles. The van der Waals surface area contributed by atoms with E-state index < -0.39 is 5.97 Å². The van der Waals surface area contributed by atoms with Crippen LogP contribution in [0.5, 0.6) is 0 Å². The van der Waals surface area contributed by atoms with Crippen molar-refractivity contribution < 1.29 is 14.3 Å². The number of benzene rings is 1. The number of carbonyl (C=O) groups excluding carboxylic acids is 1. The van der Waals surface area contributed by atoms with Crippen LogP contribution in [0, 0.1) is 0 Å². The lowest BCUT2D eigenvalue weighted by Gasteiger charge is -2.12. The normalized spacial score (nSPS) is 12.9. The Bertz CT molecular complexity index is 506. The summed E-state index contributed by atoms with van der Waals surface area (Å²) in [5.74, 6) is 0.0482. The lowest BCUT2D eigenvalue weighted by molar-refractivity contribution is 0.0602. The molecule has 0 bridgehead atoms. The minimum Gasteiger partial charge on any atom is -0.481 e. The Balaban J connectivity index is 2.59. The Labute approximate surface area is 98.8 Å². The molecule has 5 heteroatoms. The highest BCUT2D eigenvalue weighted by Crippen LogP contribution is 2.24. The molecule has 1 heterocycles. The highest BCUT2D eigenvalue weighted by Gasteiger charge is 2.19. The molecule has 1 aromatic carbocycles. The average Bonchev–Trinajstić information content (AvgIpc) is 2.59. The molecule has 0 fully saturated rings. The van der Waals surface area contributed by atoms with E-state index in [1.165, 1.54) is 14.2 Å². The topological polar surface area (TPSA) is 59.9 Å². The van der Waals surface area contributed by atoms with E-state index in [0.717, 1.165) is 5.56 Å². The van der Waals surface area contributed by atoms with Crippen LogP contribution in [0.1, 0.15) is 15.9 Å². The molecule has 5 nitrogen and oxygen atoms in total. The van der Waals surface area contributed by atoms with Gasteiger partial charge in [0.05, 0.1) is 31.0 Å². The summed E-state index contributed by atoms with van der Waals surface area (Å²) in [7, 11) is 2.88. The molecule has 1 aliphatic heterocycles. The highest BCUT2D eigenvalue weighted by molar-refractivity contribution is 6.07. The molecule has 0 atom stereocenters. The third-order valence-corrected chi connectivity index (χ3v) is 2.39. The van der Waals surface area contributed by atoms with E-state index in [-0.39, 0.29) is 0 Å². The van der Waals surface area contributed by atoms with Crippen molar-refractivity contribution in [1.82, 2.24) is 0 Å². The van der Waals surface area contributed by atoms with Crippen molar-refractivity contribution in [2.24, 2.45) is 4.99 Å². The summed E-state index contributed by atoms with van der Waals surface area (Å²) in [6.07, 6.45) is 3.21. The molecular formula is C12H12N2O3. The number of hydrogen-bond acceptors (Lipinski definition) is 5. The van der Waals surface area contributed by atoms with Gasteiger partial charge in [-0.15, -0.1) is 0 Å². The molecule has 17 heavy (non-hydrogen) atoms. The van der Waals surface area contributed by atoms with E-state index in [2.05, 4.69) is 10.3 Å². The Hall–Kier alpha value is -2.30. The van der Waals surface area contributed by atoms with Gasteiger partial charge in [-0.3, -0.25) is 0 Å². The van der Waals surface area contributed by atoms with Crippen LogP contribution in [0.15, 0.2) is 35.6 Å². The van der Waals surface area contributed by atoms with Crippen molar-refractivity contribution in [3.8, 4) is 0 Å². The maximum absolute atomic E-state index is 11.6. The van der Waals surface area contributed by atoms with Gasteiger partial charge in [-0.05, 0) is 12.1 Å². The first-order chi connectivity index (χ1) is 8.27. The van der Waals surface area contributed by atoms with Crippen LogP contribution < -0.4 is 5.32 Å². The second-order valence-electron chi connectivity index (χ2n) is 3.32. The van der Waals surface area contributed by atoms with E-state index in [4.69, 9.17) is 9.47 Å². The first-order valence-corrected chi connectivity index (χ1v) is 5.03. The van der Waals surface area contributed by atoms with Crippen LogP contribution in [0.4, 0.5) is 5.69 Å². The molecule has 0 saturated heterocycles. The number of rotatable bonds is 1. The summed E-state index contributed by atoms with van der Waals surface area (Å²) in [6, 6.07) is 5.26. The zero-order chi connectivity index (χ0) is 12.3. The minimum atomic E-state index is -0.403. The second-order valence-corrected chi connectivity index (χ2v) is 3.32. The summed E-state index contributed by atoms with van der Waals surface area (Å²) in [5.41, 5.74) is 1.80. The van der Waals surface area contributed by atoms with Crippen LogP contribution in [-0.4, -0.2) is 26.1 Å². The number of anilines is 1. The van der Waals surface area contributed by atoms with Gasteiger partial charge in [0.15, 0.2) is 0 Å². The van der Waals surface area contributed by atoms with Crippen molar-refractivity contribution in [2.45, 2.75) is 0 Å². The maximum atomic E-state index is 11.6. The number of aliphatic imine (C=N–C) groups is 1. The van der Waals surface area contributed by atoms with Crippen molar-refractivity contribution in [1.29, 1.82) is 0 Å². The molecule has 0 unspecified atom stereocenters. The number of hydrogen-bond donors (Lipinski definition) is 1. The molecule has 0 saturated carbocycles. The molecule has 0 aliphatic carbocycles. The molecule has 0 spiro atoms. The predicted octanol–water partition coefficient (Wildman–Crippen LogP) is 1.76. The van der Waals surface area contributed by atoms with Gasteiger partial charge in [-0.1, -0.05) is 6.07 Å². The summed E-state index contributed by atoms with van der Waals surface area (Å²) >= 11 is 0. The largest absolute Gasteiger partial charge is 0.481 e. The molecule has 0 amide bonds. The first kappa shape index (κ1) is 11.2. The molecule has 2 rings (SSSR count). The SMILES string of the molecule is COC(=O)c1cccc2c1NC=CN=C2OC. The first-order valence-electron chi connectivity index (χ1n) is 5.03. The fourth-order valence-corrected chi connectivity index (χ4v) is 1.62. The van der Waals surface area contributed by atoms with Crippen LogP contribution in [-0.2, 0) is 9.47 Å². The Morgan fingerprint density at radius 1 is 1.35 bits per heavy atom. The third-order valence-electron chi connectivity index (χ3n) is 2.39. The fraction of sp³-hybridized carbons (Fsp3) is 0.167. The van der Waals surface area contributed by atoms with Gasteiger partial charge < -0.3 is 14.8 Å². The Morgan fingerprint density at radius 2 is 2.18 bits per heavy atom. The quantitative estimate of drug-likeness (QED) is 0.749. The van der Waals surface area contributed by atoms with Crippen molar-refractivity contribution in [2.75, 3.05) is 19.5 Å². The van der Waals surface area contributed by atoms with E-state index in [1.807, 2.05) is 6.07 Å². The van der Waals surface area contributed by atoms with E-state index in [1.54, 1.807) is 24.5 Å². The number of ether oxygens (including phenoxy) is 2. The predicted molar refractivity (Wildman–Crippen MR) is 64.1 cm³/mol. The number of nitrogens with one attached hydrogen (secondary N) is 1. The van der Waals surface area contributed by atoms with Gasteiger partial charge in [0.1, 0.15) is 0 Å².